The van der Waals surface area contributed by atoms with Crippen molar-refractivity contribution in [3.8, 4) is 0 Å². The van der Waals surface area contributed by atoms with Gasteiger partial charge < -0.3 is 9.84 Å². The number of carbonyl (C=O) groups is 1. The van der Waals surface area contributed by atoms with Gasteiger partial charge >= 0.3 is 0 Å². The van der Waals surface area contributed by atoms with Crippen LogP contribution in [0.5, 0.6) is 0 Å². The third kappa shape index (κ3) is 2.41. The van der Waals surface area contributed by atoms with Crippen molar-refractivity contribution in [2.24, 2.45) is 11.8 Å². The molecule has 28 heavy (non-hydrogen) atoms. The maximum atomic E-state index is 13.3. The van der Waals surface area contributed by atoms with Gasteiger partial charge in [0.15, 0.2) is 5.58 Å². The molecular weight excluding hydrogens is 359 g/mol. The van der Waals surface area contributed by atoms with Gasteiger partial charge in [0.25, 0.3) is 0 Å². The lowest BCUT2D eigenvalue weighted by Gasteiger charge is -2.46. The Morgan fingerprint density at radius 1 is 1.43 bits per heavy atom. The Kier molecular flexibility index (Phi) is 3.82. The summed E-state index contributed by atoms with van der Waals surface area (Å²) in [5.41, 5.74) is 2.09. The second kappa shape index (κ2) is 6.15. The van der Waals surface area contributed by atoms with E-state index in [1.807, 2.05) is 6.20 Å². The van der Waals surface area contributed by atoms with Gasteiger partial charge in [0, 0.05) is 34.8 Å². The average molecular weight is 382 g/mol. The molecule has 0 spiro atoms. The van der Waals surface area contributed by atoms with Gasteiger partial charge in [-0.1, -0.05) is 5.16 Å². The second-order valence-electron chi connectivity index (χ2n) is 8.38. The number of carbonyl (C=O) groups excluding carboxylic acids is 1. The van der Waals surface area contributed by atoms with Crippen LogP contribution < -0.4 is 5.32 Å². The largest absolute Gasteiger partial charge is 0.356 e. The molecule has 6 nitrogen and oxygen atoms in total. The lowest BCUT2D eigenvalue weighted by Crippen LogP contribution is -2.53. The topological polar surface area (TPSA) is 73.0 Å². The SMILES string of the molecule is CC(C)n1nccc1C12CCC(C1)C2C(=O)NCc1noc2cc(F)ccc12. The van der Waals surface area contributed by atoms with E-state index in [-0.39, 0.29) is 35.6 Å². The van der Waals surface area contributed by atoms with E-state index in [0.717, 1.165) is 24.6 Å². The van der Waals surface area contributed by atoms with Gasteiger partial charge in [-0.25, -0.2) is 4.39 Å². The first-order valence-corrected chi connectivity index (χ1v) is 9.85. The molecule has 2 bridgehead atoms. The van der Waals surface area contributed by atoms with Crippen molar-refractivity contribution in [1.29, 1.82) is 0 Å². The van der Waals surface area contributed by atoms with Crippen molar-refractivity contribution >= 4 is 16.9 Å². The molecule has 3 unspecified atom stereocenters. The summed E-state index contributed by atoms with van der Waals surface area (Å²) in [6, 6.07) is 6.66. The van der Waals surface area contributed by atoms with Gasteiger partial charge in [0.2, 0.25) is 5.91 Å². The lowest BCUT2D eigenvalue weighted by atomic mass is 9.58. The molecule has 0 saturated heterocycles. The molecule has 0 aliphatic heterocycles. The third-order valence-electron chi connectivity index (χ3n) is 6.55. The highest BCUT2D eigenvalue weighted by Gasteiger charge is 2.63. The zero-order valence-electron chi connectivity index (χ0n) is 16.0. The molecule has 3 atom stereocenters. The fourth-order valence-electron chi connectivity index (χ4n) is 5.32. The molecule has 7 heteroatoms. The Hall–Kier alpha value is -2.70. The zero-order valence-corrected chi connectivity index (χ0v) is 16.0. The molecule has 2 heterocycles. The van der Waals surface area contributed by atoms with E-state index in [0.29, 0.717) is 17.2 Å². The molecule has 3 saturated carbocycles. The smallest absolute Gasteiger partial charge is 0.224 e. The average Bonchev–Trinajstić information content (AvgIpc) is 3.40. The number of rotatable bonds is 5. The standard InChI is InChI=1S/C21H23FN4O2/c1-12(2)26-18(6-8-24-26)21-7-5-13(10-21)19(21)20(27)23-11-16-15-4-3-14(22)9-17(15)28-25-16/h3-4,6,8-9,12-13,19H,5,7,10-11H2,1-2H3,(H,23,27). The van der Waals surface area contributed by atoms with E-state index >= 15 is 0 Å². The monoisotopic (exact) mass is 382 g/mol. The number of halogens is 1. The van der Waals surface area contributed by atoms with Crippen molar-refractivity contribution in [2.75, 3.05) is 0 Å². The number of fused-ring (bicyclic) bond motifs is 2. The minimum atomic E-state index is -0.367. The second-order valence-corrected chi connectivity index (χ2v) is 8.38. The molecular formula is C21H23FN4O2. The number of aromatic nitrogens is 3. The Morgan fingerprint density at radius 2 is 2.29 bits per heavy atom. The highest BCUT2D eigenvalue weighted by atomic mass is 19.1. The summed E-state index contributed by atoms with van der Waals surface area (Å²) in [7, 11) is 0. The number of amides is 1. The van der Waals surface area contributed by atoms with Gasteiger partial charge in [0.05, 0.1) is 12.5 Å². The van der Waals surface area contributed by atoms with Crippen LogP contribution in [0.25, 0.3) is 11.0 Å². The van der Waals surface area contributed by atoms with Crippen LogP contribution in [-0.2, 0) is 16.8 Å². The van der Waals surface area contributed by atoms with Crippen LogP contribution in [0.2, 0.25) is 0 Å². The number of nitrogens with zero attached hydrogens (tertiary/aromatic N) is 3. The molecule has 1 amide bonds. The number of nitrogens with one attached hydrogen (secondary N) is 1. The molecule has 1 aromatic carbocycles. The van der Waals surface area contributed by atoms with Crippen LogP contribution in [0.15, 0.2) is 35.0 Å². The zero-order chi connectivity index (χ0) is 19.5. The summed E-state index contributed by atoms with van der Waals surface area (Å²) in [6.07, 6.45) is 4.99. The number of benzene rings is 1. The fraction of sp³-hybridized carbons (Fsp3) is 0.476. The van der Waals surface area contributed by atoms with Gasteiger partial charge in [-0.15, -0.1) is 0 Å². The van der Waals surface area contributed by atoms with E-state index in [2.05, 4.69) is 40.2 Å². The summed E-state index contributed by atoms with van der Waals surface area (Å²) < 4.78 is 20.6. The van der Waals surface area contributed by atoms with Gasteiger partial charge in [-0.2, -0.15) is 5.10 Å². The molecule has 146 valence electrons. The van der Waals surface area contributed by atoms with Crippen molar-refractivity contribution in [3.63, 3.8) is 0 Å². The summed E-state index contributed by atoms with van der Waals surface area (Å²) in [5, 5.41) is 12.3. The fourth-order valence-corrected chi connectivity index (χ4v) is 5.32. The molecule has 0 radical (unpaired) electrons. The molecule has 1 N–H and O–H groups in total. The van der Waals surface area contributed by atoms with Gasteiger partial charge in [-0.3, -0.25) is 9.48 Å². The summed E-state index contributed by atoms with van der Waals surface area (Å²) in [6.45, 7) is 4.51. The van der Waals surface area contributed by atoms with Crippen molar-refractivity contribution in [2.45, 2.75) is 51.1 Å². The number of hydrogen-bond donors (Lipinski definition) is 1. The normalized spacial score (nSPS) is 26.0. The maximum absolute atomic E-state index is 13.3. The molecule has 2 aromatic heterocycles. The summed E-state index contributed by atoms with van der Waals surface area (Å²) in [5.74, 6) is 0.0912. The first-order valence-electron chi connectivity index (χ1n) is 9.85. The van der Waals surface area contributed by atoms with Crippen molar-refractivity contribution < 1.29 is 13.7 Å². The number of hydrogen-bond acceptors (Lipinski definition) is 4. The maximum Gasteiger partial charge on any atom is 0.224 e. The third-order valence-corrected chi connectivity index (χ3v) is 6.55. The molecule has 3 aliphatic carbocycles. The Balaban J connectivity index is 1.36. The minimum Gasteiger partial charge on any atom is -0.356 e. The Bertz CT molecular complexity index is 1050. The first kappa shape index (κ1) is 17.4. The van der Waals surface area contributed by atoms with Crippen LogP contribution in [0, 0.1) is 17.7 Å². The van der Waals surface area contributed by atoms with E-state index in [4.69, 9.17) is 4.52 Å². The van der Waals surface area contributed by atoms with E-state index in [1.54, 1.807) is 6.07 Å². The van der Waals surface area contributed by atoms with Gasteiger partial charge in [0.1, 0.15) is 11.5 Å². The first-order chi connectivity index (χ1) is 13.5. The summed E-state index contributed by atoms with van der Waals surface area (Å²) in [4.78, 5) is 13.1. The van der Waals surface area contributed by atoms with Gasteiger partial charge in [-0.05, 0) is 57.2 Å². The van der Waals surface area contributed by atoms with Crippen molar-refractivity contribution in [3.05, 3.63) is 47.7 Å². The Labute approximate surface area is 162 Å². The molecule has 3 fully saturated rings. The predicted molar refractivity (Wildman–Crippen MR) is 101 cm³/mol. The van der Waals surface area contributed by atoms with E-state index in [1.165, 1.54) is 17.8 Å². The van der Waals surface area contributed by atoms with Crippen molar-refractivity contribution in [1.82, 2.24) is 20.3 Å². The van der Waals surface area contributed by atoms with Crippen LogP contribution in [0.4, 0.5) is 4.39 Å². The Morgan fingerprint density at radius 3 is 3.07 bits per heavy atom. The van der Waals surface area contributed by atoms with Crippen LogP contribution in [0.1, 0.15) is 50.5 Å². The van der Waals surface area contributed by atoms with E-state index in [9.17, 15) is 9.18 Å². The van der Waals surface area contributed by atoms with E-state index < -0.39 is 0 Å². The minimum absolute atomic E-state index is 0.0303. The lowest BCUT2D eigenvalue weighted by molar-refractivity contribution is -0.133. The highest BCUT2D eigenvalue weighted by Crippen LogP contribution is 2.64. The quantitative estimate of drug-likeness (QED) is 0.730. The molecule has 3 aliphatic rings. The molecule has 6 rings (SSSR count). The van der Waals surface area contributed by atoms with Crippen LogP contribution in [0.3, 0.4) is 0 Å². The summed E-state index contributed by atoms with van der Waals surface area (Å²) >= 11 is 0. The predicted octanol–water partition coefficient (Wildman–Crippen LogP) is 3.73. The molecule has 3 aromatic rings. The van der Waals surface area contributed by atoms with Crippen LogP contribution >= 0.6 is 0 Å². The van der Waals surface area contributed by atoms with Crippen LogP contribution in [-0.4, -0.2) is 20.8 Å². The highest BCUT2D eigenvalue weighted by molar-refractivity contribution is 5.84.